The van der Waals surface area contributed by atoms with Crippen molar-refractivity contribution in [3.8, 4) is 0 Å². The number of carbonyl (C=O) groups is 2. The van der Waals surface area contributed by atoms with Gasteiger partial charge in [0.1, 0.15) is 6.04 Å². The molecule has 2 rings (SSSR count). The maximum Gasteiger partial charge on any atom is 0.269 e. The number of non-ortho nitro benzene ring substituents is 1. The highest BCUT2D eigenvalue weighted by Gasteiger charge is 2.30. The molecule has 0 bridgehead atoms. The second kappa shape index (κ2) is 5.05. The van der Waals surface area contributed by atoms with E-state index in [0.717, 1.165) is 5.56 Å². The third kappa shape index (κ3) is 2.87. The molecule has 1 heterocycles. The predicted molar refractivity (Wildman–Crippen MR) is 66.4 cm³/mol. The van der Waals surface area contributed by atoms with Crippen LogP contribution in [0, 0.1) is 10.1 Å². The van der Waals surface area contributed by atoms with Gasteiger partial charge in [0.05, 0.1) is 11.5 Å². The SMILES string of the molecule is CN1CC(=O)N[C@@H](Cc2ccc([N+](=O)[O-])cc2)C1=O. The second-order valence-electron chi connectivity index (χ2n) is 4.44. The van der Waals surface area contributed by atoms with Crippen molar-refractivity contribution < 1.29 is 14.5 Å². The quantitative estimate of drug-likeness (QED) is 0.618. The van der Waals surface area contributed by atoms with Crippen LogP contribution in [0.2, 0.25) is 0 Å². The van der Waals surface area contributed by atoms with Crippen LogP contribution in [0.3, 0.4) is 0 Å². The summed E-state index contributed by atoms with van der Waals surface area (Å²) < 4.78 is 0. The molecule has 2 amide bonds. The van der Waals surface area contributed by atoms with Crippen molar-refractivity contribution in [1.82, 2.24) is 10.2 Å². The smallest absolute Gasteiger partial charge is 0.269 e. The Labute approximate surface area is 109 Å². The average molecular weight is 263 g/mol. The number of carbonyl (C=O) groups excluding carboxylic acids is 2. The number of rotatable bonds is 3. The van der Waals surface area contributed by atoms with Gasteiger partial charge in [0.15, 0.2) is 0 Å². The largest absolute Gasteiger partial charge is 0.342 e. The molecule has 0 aromatic heterocycles. The highest BCUT2D eigenvalue weighted by Crippen LogP contribution is 2.14. The monoisotopic (exact) mass is 263 g/mol. The van der Waals surface area contributed by atoms with Crippen LogP contribution in [-0.4, -0.2) is 41.3 Å². The van der Waals surface area contributed by atoms with Crippen LogP contribution in [0.4, 0.5) is 5.69 Å². The van der Waals surface area contributed by atoms with Gasteiger partial charge >= 0.3 is 0 Å². The molecule has 7 heteroatoms. The highest BCUT2D eigenvalue weighted by molar-refractivity contribution is 5.94. The summed E-state index contributed by atoms with van der Waals surface area (Å²) in [5.74, 6) is -0.355. The Balaban J connectivity index is 2.09. The first-order valence-corrected chi connectivity index (χ1v) is 5.75. The first kappa shape index (κ1) is 13.0. The minimum absolute atomic E-state index is 0.000116. The summed E-state index contributed by atoms with van der Waals surface area (Å²) in [5.41, 5.74) is 0.763. The van der Waals surface area contributed by atoms with Crippen LogP contribution in [0.5, 0.6) is 0 Å². The van der Waals surface area contributed by atoms with E-state index in [9.17, 15) is 19.7 Å². The van der Waals surface area contributed by atoms with Gasteiger partial charge in [-0.3, -0.25) is 19.7 Å². The molecule has 1 N–H and O–H groups in total. The molecule has 1 aliphatic heterocycles. The van der Waals surface area contributed by atoms with E-state index >= 15 is 0 Å². The predicted octanol–water partition coefficient (Wildman–Crippen LogP) is 0.0941. The Hall–Kier alpha value is -2.44. The van der Waals surface area contributed by atoms with E-state index in [1.807, 2.05) is 0 Å². The fourth-order valence-corrected chi connectivity index (χ4v) is 1.99. The second-order valence-corrected chi connectivity index (χ2v) is 4.44. The van der Waals surface area contributed by atoms with Crippen LogP contribution in [0.1, 0.15) is 5.56 Å². The third-order valence-corrected chi connectivity index (χ3v) is 2.98. The van der Waals surface area contributed by atoms with E-state index in [-0.39, 0.29) is 24.0 Å². The van der Waals surface area contributed by atoms with Gasteiger partial charge in [0.25, 0.3) is 5.69 Å². The number of benzene rings is 1. The highest BCUT2D eigenvalue weighted by atomic mass is 16.6. The van der Waals surface area contributed by atoms with E-state index < -0.39 is 11.0 Å². The van der Waals surface area contributed by atoms with Crippen molar-refractivity contribution in [2.45, 2.75) is 12.5 Å². The van der Waals surface area contributed by atoms with Crippen molar-refractivity contribution >= 4 is 17.5 Å². The zero-order valence-corrected chi connectivity index (χ0v) is 10.3. The van der Waals surface area contributed by atoms with Crippen LogP contribution >= 0.6 is 0 Å². The van der Waals surface area contributed by atoms with E-state index in [2.05, 4.69) is 5.32 Å². The molecule has 19 heavy (non-hydrogen) atoms. The lowest BCUT2D eigenvalue weighted by Gasteiger charge is -2.29. The standard InChI is InChI=1S/C12H13N3O4/c1-14-7-11(16)13-10(12(14)17)6-8-2-4-9(5-3-8)15(18)19/h2-5,10H,6-7H2,1H3,(H,13,16)/t10-/m0/s1. The molecule has 1 saturated heterocycles. The van der Waals surface area contributed by atoms with E-state index in [1.165, 1.54) is 17.0 Å². The molecule has 0 unspecified atom stereocenters. The Morgan fingerprint density at radius 3 is 2.58 bits per heavy atom. The molecule has 1 aromatic carbocycles. The first-order valence-electron chi connectivity index (χ1n) is 5.75. The van der Waals surface area contributed by atoms with Crippen LogP contribution in [0.25, 0.3) is 0 Å². The number of hydrogen-bond acceptors (Lipinski definition) is 4. The molecular formula is C12H13N3O4. The van der Waals surface area contributed by atoms with E-state index in [0.29, 0.717) is 6.42 Å². The van der Waals surface area contributed by atoms with E-state index in [1.54, 1.807) is 19.2 Å². The molecule has 100 valence electrons. The summed E-state index contributed by atoms with van der Waals surface area (Å²) in [4.78, 5) is 34.6. The zero-order chi connectivity index (χ0) is 14.0. The van der Waals surface area contributed by atoms with Crippen molar-refractivity contribution in [1.29, 1.82) is 0 Å². The fraction of sp³-hybridized carbons (Fsp3) is 0.333. The number of nitrogens with zero attached hydrogens (tertiary/aromatic N) is 2. The van der Waals surface area contributed by atoms with Gasteiger partial charge in [-0.25, -0.2) is 0 Å². The Bertz CT molecular complexity index is 526. The number of amides is 2. The molecule has 1 aromatic rings. The normalized spacial score (nSPS) is 19.2. The lowest BCUT2D eigenvalue weighted by molar-refractivity contribution is -0.384. The number of nitrogens with one attached hydrogen (secondary N) is 1. The van der Waals surface area contributed by atoms with Gasteiger partial charge in [-0.2, -0.15) is 0 Å². The number of nitro groups is 1. The molecule has 7 nitrogen and oxygen atoms in total. The molecule has 0 spiro atoms. The van der Waals surface area contributed by atoms with Gasteiger partial charge in [-0.1, -0.05) is 12.1 Å². The maximum atomic E-state index is 11.9. The van der Waals surface area contributed by atoms with Gasteiger partial charge < -0.3 is 10.2 Å². The van der Waals surface area contributed by atoms with Crippen LogP contribution in [0.15, 0.2) is 24.3 Å². The Morgan fingerprint density at radius 2 is 2.00 bits per heavy atom. The number of nitro benzene ring substituents is 1. The summed E-state index contributed by atoms with van der Waals surface area (Å²) in [6, 6.07) is 5.34. The van der Waals surface area contributed by atoms with Crippen molar-refractivity contribution in [3.63, 3.8) is 0 Å². The van der Waals surface area contributed by atoms with Crippen molar-refractivity contribution in [3.05, 3.63) is 39.9 Å². The summed E-state index contributed by atoms with van der Waals surface area (Å²) >= 11 is 0. The lowest BCUT2D eigenvalue weighted by Crippen LogP contribution is -2.57. The molecule has 1 atom stereocenters. The summed E-state index contributed by atoms with van der Waals surface area (Å²) in [6.07, 6.45) is 0.326. The summed E-state index contributed by atoms with van der Waals surface area (Å²) in [6.45, 7) is 0.0651. The van der Waals surface area contributed by atoms with Crippen LogP contribution in [-0.2, 0) is 16.0 Å². The lowest BCUT2D eigenvalue weighted by atomic mass is 10.0. The molecule has 1 fully saturated rings. The maximum absolute atomic E-state index is 11.9. The van der Waals surface area contributed by atoms with E-state index in [4.69, 9.17) is 0 Å². The number of piperazine rings is 1. The summed E-state index contributed by atoms with van der Waals surface area (Å²) in [7, 11) is 1.57. The molecular weight excluding hydrogens is 250 g/mol. The fourth-order valence-electron chi connectivity index (χ4n) is 1.99. The third-order valence-electron chi connectivity index (χ3n) is 2.98. The van der Waals surface area contributed by atoms with Crippen LogP contribution < -0.4 is 5.32 Å². The molecule has 0 radical (unpaired) electrons. The minimum atomic E-state index is -0.604. The topological polar surface area (TPSA) is 92.6 Å². The zero-order valence-electron chi connectivity index (χ0n) is 10.3. The minimum Gasteiger partial charge on any atom is -0.342 e. The van der Waals surface area contributed by atoms with Gasteiger partial charge in [-0.05, 0) is 5.56 Å². The molecule has 0 aliphatic carbocycles. The number of likely N-dealkylation sites (N-methyl/N-ethyl adjacent to an activating group) is 1. The van der Waals surface area contributed by atoms with Crippen molar-refractivity contribution in [2.24, 2.45) is 0 Å². The van der Waals surface area contributed by atoms with Gasteiger partial charge in [0, 0.05) is 25.6 Å². The van der Waals surface area contributed by atoms with Gasteiger partial charge in [-0.15, -0.1) is 0 Å². The summed E-state index contributed by atoms with van der Waals surface area (Å²) in [5, 5.41) is 13.1. The Morgan fingerprint density at radius 1 is 1.37 bits per heavy atom. The van der Waals surface area contributed by atoms with Gasteiger partial charge in [0.2, 0.25) is 11.8 Å². The Kier molecular flexibility index (Phi) is 3.46. The first-order chi connectivity index (χ1) is 8.97. The molecule has 1 aliphatic rings. The van der Waals surface area contributed by atoms with Crippen molar-refractivity contribution in [2.75, 3.05) is 13.6 Å². The average Bonchev–Trinajstić information content (AvgIpc) is 2.36. The molecule has 0 saturated carbocycles. The number of hydrogen-bond donors (Lipinski definition) is 1.